The molecular weight excluding hydrogens is 242 g/mol. The average Bonchev–Trinajstić information content (AvgIpc) is 2.28. The van der Waals surface area contributed by atoms with E-state index in [4.69, 9.17) is 9.84 Å². The van der Waals surface area contributed by atoms with E-state index in [0.717, 1.165) is 22.4 Å². The Morgan fingerprint density at radius 3 is 2.47 bits per heavy atom. The molecule has 0 spiro atoms. The Morgan fingerprint density at radius 1 is 1.37 bits per heavy atom. The van der Waals surface area contributed by atoms with Crippen molar-refractivity contribution in [1.82, 2.24) is 5.32 Å². The maximum atomic E-state index is 10.5. The van der Waals surface area contributed by atoms with Gasteiger partial charge in [-0.15, -0.1) is 0 Å². The lowest BCUT2D eigenvalue weighted by molar-refractivity contribution is -0.135. The van der Waals surface area contributed by atoms with Crippen LogP contribution in [0.3, 0.4) is 0 Å². The predicted octanol–water partition coefficient (Wildman–Crippen LogP) is 2.48. The molecule has 1 rings (SSSR count). The summed E-state index contributed by atoms with van der Waals surface area (Å²) >= 11 is 0. The number of carbonyl (C=O) groups is 1. The molecule has 0 saturated heterocycles. The molecule has 0 aliphatic carbocycles. The van der Waals surface area contributed by atoms with E-state index in [1.54, 1.807) is 7.11 Å². The summed E-state index contributed by atoms with van der Waals surface area (Å²) in [6, 6.07) is 4.11. The fraction of sp³-hybridized carbons (Fsp3) is 0.533. The van der Waals surface area contributed by atoms with Crippen molar-refractivity contribution >= 4 is 5.97 Å². The predicted molar refractivity (Wildman–Crippen MR) is 75.8 cm³/mol. The summed E-state index contributed by atoms with van der Waals surface area (Å²) in [6.45, 7) is 8.92. The second-order valence-electron chi connectivity index (χ2n) is 5.73. The van der Waals surface area contributed by atoms with Crippen LogP contribution in [-0.2, 0) is 16.8 Å². The lowest BCUT2D eigenvalue weighted by Gasteiger charge is -2.24. The van der Waals surface area contributed by atoms with Gasteiger partial charge in [0, 0.05) is 6.54 Å². The second kappa shape index (κ2) is 6.06. The number of nitrogens with one attached hydrogen (secondary N) is 1. The standard InChI is InChI=1S/C15H23NO3/c1-10-6-13(19-5)12(15(2,3)4)7-11(10)8-16-9-14(17)18/h6-7,16H,8-9H2,1-5H3,(H,17,18). The first kappa shape index (κ1) is 15.5. The third-order valence-corrected chi connectivity index (χ3v) is 3.06. The molecule has 0 unspecified atom stereocenters. The van der Waals surface area contributed by atoms with Gasteiger partial charge in [-0.05, 0) is 35.1 Å². The molecule has 0 atom stereocenters. The molecule has 0 aliphatic rings. The fourth-order valence-electron chi connectivity index (χ4n) is 1.98. The summed E-state index contributed by atoms with van der Waals surface area (Å²) in [5, 5.41) is 11.6. The number of aliphatic carboxylic acids is 1. The molecule has 106 valence electrons. The van der Waals surface area contributed by atoms with Gasteiger partial charge in [0.05, 0.1) is 13.7 Å². The fourth-order valence-corrected chi connectivity index (χ4v) is 1.98. The lowest BCUT2D eigenvalue weighted by atomic mass is 9.84. The Hall–Kier alpha value is -1.55. The quantitative estimate of drug-likeness (QED) is 0.858. The van der Waals surface area contributed by atoms with Gasteiger partial charge < -0.3 is 15.2 Å². The van der Waals surface area contributed by atoms with Gasteiger partial charge in [0.15, 0.2) is 0 Å². The average molecular weight is 265 g/mol. The molecule has 19 heavy (non-hydrogen) atoms. The molecule has 4 nitrogen and oxygen atoms in total. The zero-order valence-electron chi connectivity index (χ0n) is 12.3. The number of carboxylic acid groups (broad SMARTS) is 1. The van der Waals surface area contributed by atoms with E-state index in [1.165, 1.54) is 0 Å². The van der Waals surface area contributed by atoms with Crippen LogP contribution in [0.2, 0.25) is 0 Å². The first-order valence-corrected chi connectivity index (χ1v) is 6.36. The molecule has 0 fully saturated rings. The van der Waals surface area contributed by atoms with Gasteiger partial charge in [-0.25, -0.2) is 0 Å². The normalized spacial score (nSPS) is 11.4. The molecule has 4 heteroatoms. The first-order chi connectivity index (χ1) is 8.75. The van der Waals surface area contributed by atoms with Crippen LogP contribution in [0.5, 0.6) is 5.75 Å². The zero-order chi connectivity index (χ0) is 14.6. The highest BCUT2D eigenvalue weighted by molar-refractivity contribution is 5.69. The van der Waals surface area contributed by atoms with Gasteiger partial charge in [-0.3, -0.25) is 4.79 Å². The molecule has 0 heterocycles. The van der Waals surface area contributed by atoms with E-state index in [-0.39, 0.29) is 12.0 Å². The van der Waals surface area contributed by atoms with Crippen molar-refractivity contribution in [1.29, 1.82) is 0 Å². The number of carboxylic acids is 1. The molecule has 2 N–H and O–H groups in total. The molecule has 0 amide bonds. The number of hydrogen-bond acceptors (Lipinski definition) is 3. The summed E-state index contributed by atoms with van der Waals surface area (Å²) in [4.78, 5) is 10.5. The van der Waals surface area contributed by atoms with Crippen molar-refractivity contribution in [2.24, 2.45) is 0 Å². The van der Waals surface area contributed by atoms with E-state index in [9.17, 15) is 4.79 Å². The topological polar surface area (TPSA) is 58.6 Å². The molecule has 1 aromatic rings. The van der Waals surface area contributed by atoms with E-state index in [0.29, 0.717) is 6.54 Å². The summed E-state index contributed by atoms with van der Waals surface area (Å²) in [5.41, 5.74) is 3.32. The maximum absolute atomic E-state index is 10.5. The number of ether oxygens (including phenoxy) is 1. The highest BCUT2D eigenvalue weighted by atomic mass is 16.5. The maximum Gasteiger partial charge on any atom is 0.317 e. The highest BCUT2D eigenvalue weighted by Crippen LogP contribution is 2.33. The molecule has 0 saturated carbocycles. The van der Waals surface area contributed by atoms with E-state index < -0.39 is 5.97 Å². The number of methoxy groups -OCH3 is 1. The smallest absolute Gasteiger partial charge is 0.317 e. The minimum Gasteiger partial charge on any atom is -0.496 e. The molecule has 0 aromatic heterocycles. The van der Waals surface area contributed by atoms with Crippen LogP contribution < -0.4 is 10.1 Å². The van der Waals surface area contributed by atoms with Gasteiger partial charge in [-0.2, -0.15) is 0 Å². The van der Waals surface area contributed by atoms with Crippen LogP contribution in [0.4, 0.5) is 0 Å². The molecule has 1 aromatic carbocycles. The van der Waals surface area contributed by atoms with Crippen molar-refractivity contribution in [3.63, 3.8) is 0 Å². The van der Waals surface area contributed by atoms with Gasteiger partial charge >= 0.3 is 5.97 Å². The van der Waals surface area contributed by atoms with Gasteiger partial charge in [0.1, 0.15) is 5.75 Å². The Kier molecular flexibility index (Phi) is 4.95. The van der Waals surface area contributed by atoms with Crippen molar-refractivity contribution < 1.29 is 14.6 Å². The molecule has 0 radical (unpaired) electrons. The number of benzene rings is 1. The minimum atomic E-state index is -0.845. The third kappa shape index (κ3) is 4.24. The first-order valence-electron chi connectivity index (χ1n) is 6.36. The summed E-state index contributed by atoms with van der Waals surface area (Å²) in [7, 11) is 1.67. The molecule has 0 aliphatic heterocycles. The van der Waals surface area contributed by atoms with Gasteiger partial charge in [0.25, 0.3) is 0 Å². The lowest BCUT2D eigenvalue weighted by Crippen LogP contribution is -2.23. The number of hydrogen-bond donors (Lipinski definition) is 2. The van der Waals surface area contributed by atoms with E-state index >= 15 is 0 Å². The number of rotatable bonds is 5. The Bertz CT molecular complexity index is 461. The van der Waals surface area contributed by atoms with Crippen molar-refractivity contribution in [2.45, 2.75) is 39.7 Å². The summed E-state index contributed by atoms with van der Waals surface area (Å²) in [6.07, 6.45) is 0. The summed E-state index contributed by atoms with van der Waals surface area (Å²) in [5.74, 6) is 0.0363. The Labute approximate surface area is 114 Å². The Morgan fingerprint density at radius 2 is 2.00 bits per heavy atom. The number of aryl methyl sites for hydroxylation is 1. The van der Waals surface area contributed by atoms with Gasteiger partial charge in [-0.1, -0.05) is 26.8 Å². The van der Waals surface area contributed by atoms with Gasteiger partial charge in [0.2, 0.25) is 0 Å². The third-order valence-electron chi connectivity index (χ3n) is 3.06. The van der Waals surface area contributed by atoms with Crippen LogP contribution >= 0.6 is 0 Å². The van der Waals surface area contributed by atoms with Crippen molar-refractivity contribution in [3.8, 4) is 5.75 Å². The van der Waals surface area contributed by atoms with Crippen LogP contribution in [-0.4, -0.2) is 24.7 Å². The Balaban J connectivity index is 3.03. The molecule has 0 bridgehead atoms. The largest absolute Gasteiger partial charge is 0.496 e. The molecular formula is C15H23NO3. The van der Waals surface area contributed by atoms with Crippen LogP contribution in [0.25, 0.3) is 0 Å². The van der Waals surface area contributed by atoms with E-state index in [2.05, 4.69) is 32.2 Å². The zero-order valence-corrected chi connectivity index (χ0v) is 12.3. The van der Waals surface area contributed by atoms with Crippen molar-refractivity contribution in [3.05, 3.63) is 28.8 Å². The summed E-state index contributed by atoms with van der Waals surface area (Å²) < 4.78 is 5.44. The second-order valence-corrected chi connectivity index (χ2v) is 5.73. The highest BCUT2D eigenvalue weighted by Gasteiger charge is 2.20. The monoisotopic (exact) mass is 265 g/mol. The minimum absolute atomic E-state index is 0.0133. The van der Waals surface area contributed by atoms with Crippen LogP contribution in [0, 0.1) is 6.92 Å². The van der Waals surface area contributed by atoms with E-state index in [1.807, 2.05) is 13.0 Å². The van der Waals surface area contributed by atoms with Crippen LogP contribution in [0.1, 0.15) is 37.5 Å². The van der Waals surface area contributed by atoms with Crippen molar-refractivity contribution in [2.75, 3.05) is 13.7 Å². The SMILES string of the molecule is COc1cc(C)c(CNCC(=O)O)cc1C(C)(C)C. The van der Waals surface area contributed by atoms with Crippen LogP contribution in [0.15, 0.2) is 12.1 Å².